The molecule has 1 unspecified atom stereocenters. The molecule has 0 aromatic heterocycles. The van der Waals surface area contributed by atoms with Gasteiger partial charge in [-0.2, -0.15) is 0 Å². The molecule has 0 saturated heterocycles. The van der Waals surface area contributed by atoms with Crippen LogP contribution < -0.4 is 0 Å². The SMILES string of the molecule is CCCCCCC(C)C(=O)[C@@H](COC)N(CC)CC. The van der Waals surface area contributed by atoms with Crippen LogP contribution in [0.1, 0.15) is 59.8 Å². The molecule has 0 rings (SSSR count). The normalized spacial score (nSPS) is 14.6. The first-order valence-electron chi connectivity index (χ1n) is 7.88. The fourth-order valence-electron chi connectivity index (χ4n) is 2.54. The maximum absolute atomic E-state index is 12.5. The van der Waals surface area contributed by atoms with Gasteiger partial charge in [-0.1, -0.05) is 53.4 Å². The standard InChI is InChI=1S/C16H33NO2/c1-6-9-10-11-12-14(4)16(18)15(13-19-5)17(7-2)8-3/h14-15H,6-13H2,1-5H3/t14?,15-/m1/s1. The van der Waals surface area contributed by atoms with Gasteiger partial charge >= 0.3 is 0 Å². The van der Waals surface area contributed by atoms with Crippen LogP contribution in [0.3, 0.4) is 0 Å². The van der Waals surface area contributed by atoms with Crippen LogP contribution in [0.2, 0.25) is 0 Å². The second-order valence-electron chi connectivity index (χ2n) is 5.35. The van der Waals surface area contributed by atoms with E-state index >= 15 is 0 Å². The molecular formula is C16H33NO2. The lowest BCUT2D eigenvalue weighted by molar-refractivity contribution is -0.129. The predicted molar refractivity (Wildman–Crippen MR) is 81.5 cm³/mol. The second kappa shape index (κ2) is 11.4. The minimum Gasteiger partial charge on any atom is -0.383 e. The molecule has 0 amide bonds. The summed E-state index contributed by atoms with van der Waals surface area (Å²) in [5.41, 5.74) is 0. The number of methoxy groups -OCH3 is 1. The van der Waals surface area contributed by atoms with Gasteiger partial charge in [0.1, 0.15) is 0 Å². The number of unbranched alkanes of at least 4 members (excludes halogenated alkanes) is 3. The quantitative estimate of drug-likeness (QED) is 0.509. The summed E-state index contributed by atoms with van der Waals surface area (Å²) in [4.78, 5) is 14.7. The molecule has 0 aliphatic carbocycles. The van der Waals surface area contributed by atoms with Gasteiger partial charge in [0.2, 0.25) is 0 Å². The summed E-state index contributed by atoms with van der Waals surface area (Å²) >= 11 is 0. The molecule has 19 heavy (non-hydrogen) atoms. The number of carbonyl (C=O) groups is 1. The van der Waals surface area contributed by atoms with E-state index in [1.807, 2.05) is 0 Å². The molecule has 0 N–H and O–H groups in total. The summed E-state index contributed by atoms with van der Waals surface area (Å²) in [5.74, 6) is 0.500. The number of ether oxygens (including phenoxy) is 1. The maximum atomic E-state index is 12.5. The fraction of sp³-hybridized carbons (Fsp3) is 0.938. The van der Waals surface area contributed by atoms with Crippen LogP contribution >= 0.6 is 0 Å². The van der Waals surface area contributed by atoms with Crippen LogP contribution in [-0.2, 0) is 9.53 Å². The van der Waals surface area contributed by atoms with Crippen molar-refractivity contribution in [3.8, 4) is 0 Å². The minimum absolute atomic E-state index is 0.0684. The molecule has 0 spiro atoms. The van der Waals surface area contributed by atoms with Crippen LogP contribution in [0.15, 0.2) is 0 Å². The topological polar surface area (TPSA) is 29.5 Å². The van der Waals surface area contributed by atoms with Crippen LogP contribution in [-0.4, -0.2) is 43.5 Å². The lowest BCUT2D eigenvalue weighted by Crippen LogP contribution is -2.46. The third-order valence-electron chi connectivity index (χ3n) is 3.88. The highest BCUT2D eigenvalue weighted by molar-refractivity contribution is 5.86. The highest BCUT2D eigenvalue weighted by atomic mass is 16.5. The van der Waals surface area contributed by atoms with Gasteiger partial charge in [-0.25, -0.2) is 0 Å². The Morgan fingerprint density at radius 2 is 1.74 bits per heavy atom. The number of rotatable bonds is 12. The minimum atomic E-state index is -0.0684. The fourth-order valence-corrected chi connectivity index (χ4v) is 2.54. The van der Waals surface area contributed by atoms with E-state index in [1.165, 1.54) is 25.7 Å². The summed E-state index contributed by atoms with van der Waals surface area (Å²) in [7, 11) is 1.68. The smallest absolute Gasteiger partial charge is 0.155 e. The summed E-state index contributed by atoms with van der Waals surface area (Å²) in [6.07, 6.45) is 5.94. The number of likely N-dealkylation sites (N-methyl/N-ethyl adjacent to an activating group) is 1. The Morgan fingerprint density at radius 1 is 1.11 bits per heavy atom. The summed E-state index contributed by atoms with van der Waals surface area (Å²) in [6, 6.07) is -0.0684. The van der Waals surface area contributed by atoms with Crippen molar-refractivity contribution in [2.45, 2.75) is 65.8 Å². The lowest BCUT2D eigenvalue weighted by Gasteiger charge is -2.29. The molecule has 0 saturated carbocycles. The lowest BCUT2D eigenvalue weighted by atomic mass is 9.93. The Hall–Kier alpha value is -0.410. The van der Waals surface area contributed by atoms with E-state index in [0.717, 1.165) is 19.5 Å². The molecule has 3 heteroatoms. The first-order chi connectivity index (χ1) is 9.12. The molecule has 0 aliphatic rings. The molecule has 114 valence electrons. The summed E-state index contributed by atoms with van der Waals surface area (Å²) in [6.45, 7) is 10.8. The maximum Gasteiger partial charge on any atom is 0.155 e. The van der Waals surface area contributed by atoms with Gasteiger partial charge < -0.3 is 4.74 Å². The third-order valence-corrected chi connectivity index (χ3v) is 3.88. The molecular weight excluding hydrogens is 238 g/mol. The van der Waals surface area contributed by atoms with Gasteiger partial charge in [0, 0.05) is 13.0 Å². The Bertz CT molecular complexity index is 227. The first kappa shape index (κ1) is 18.6. The first-order valence-corrected chi connectivity index (χ1v) is 7.88. The molecule has 0 bridgehead atoms. The second-order valence-corrected chi connectivity index (χ2v) is 5.35. The van der Waals surface area contributed by atoms with Crippen molar-refractivity contribution in [3.05, 3.63) is 0 Å². The largest absolute Gasteiger partial charge is 0.383 e. The zero-order chi connectivity index (χ0) is 14.7. The molecule has 0 fully saturated rings. The Kier molecular flexibility index (Phi) is 11.2. The van der Waals surface area contributed by atoms with E-state index < -0.39 is 0 Å². The zero-order valence-electron chi connectivity index (χ0n) is 13.6. The van der Waals surface area contributed by atoms with Crippen LogP contribution in [0.4, 0.5) is 0 Å². The molecule has 0 aromatic rings. The van der Waals surface area contributed by atoms with Crippen molar-refractivity contribution in [1.29, 1.82) is 0 Å². The van der Waals surface area contributed by atoms with E-state index in [4.69, 9.17) is 4.74 Å². The number of hydrogen-bond donors (Lipinski definition) is 0. The molecule has 0 aromatic carbocycles. The highest BCUT2D eigenvalue weighted by Gasteiger charge is 2.27. The molecule has 3 nitrogen and oxygen atoms in total. The average molecular weight is 271 g/mol. The van der Waals surface area contributed by atoms with Gasteiger partial charge in [0.05, 0.1) is 12.6 Å². The molecule has 2 atom stereocenters. The van der Waals surface area contributed by atoms with Crippen LogP contribution in [0.5, 0.6) is 0 Å². The van der Waals surface area contributed by atoms with Crippen molar-refractivity contribution in [3.63, 3.8) is 0 Å². The predicted octanol–water partition coefficient (Wildman–Crippen LogP) is 3.52. The zero-order valence-corrected chi connectivity index (χ0v) is 13.6. The summed E-state index contributed by atoms with van der Waals surface area (Å²) in [5, 5.41) is 0. The van der Waals surface area contributed by atoms with Crippen molar-refractivity contribution >= 4 is 5.78 Å². The van der Waals surface area contributed by atoms with Crippen molar-refractivity contribution in [2.75, 3.05) is 26.8 Å². The van der Waals surface area contributed by atoms with E-state index in [1.54, 1.807) is 7.11 Å². The monoisotopic (exact) mass is 271 g/mol. The molecule has 0 radical (unpaired) electrons. The Balaban J connectivity index is 4.35. The van der Waals surface area contributed by atoms with E-state index in [-0.39, 0.29) is 12.0 Å². The molecule has 0 heterocycles. The van der Waals surface area contributed by atoms with Crippen molar-refractivity contribution in [1.82, 2.24) is 4.90 Å². The van der Waals surface area contributed by atoms with Crippen LogP contribution in [0.25, 0.3) is 0 Å². The number of ketones is 1. The van der Waals surface area contributed by atoms with Crippen molar-refractivity contribution < 1.29 is 9.53 Å². The number of carbonyl (C=O) groups excluding carboxylic acids is 1. The number of hydrogen-bond acceptors (Lipinski definition) is 3. The Labute approximate surface area is 119 Å². The van der Waals surface area contributed by atoms with E-state index in [9.17, 15) is 4.79 Å². The van der Waals surface area contributed by atoms with E-state index in [2.05, 4.69) is 32.6 Å². The van der Waals surface area contributed by atoms with Crippen LogP contribution in [0, 0.1) is 5.92 Å². The average Bonchev–Trinajstić information content (AvgIpc) is 2.43. The highest BCUT2D eigenvalue weighted by Crippen LogP contribution is 2.16. The van der Waals surface area contributed by atoms with Gasteiger partial charge in [0.15, 0.2) is 5.78 Å². The van der Waals surface area contributed by atoms with Gasteiger partial charge in [-0.15, -0.1) is 0 Å². The van der Waals surface area contributed by atoms with Crippen molar-refractivity contribution in [2.24, 2.45) is 5.92 Å². The van der Waals surface area contributed by atoms with E-state index in [0.29, 0.717) is 12.4 Å². The number of Topliss-reactive ketones (excluding diaryl/α,β-unsaturated/α-hetero) is 1. The van der Waals surface area contributed by atoms with Gasteiger partial charge in [-0.05, 0) is 19.5 Å². The Morgan fingerprint density at radius 3 is 2.21 bits per heavy atom. The third kappa shape index (κ3) is 7.07. The summed E-state index contributed by atoms with van der Waals surface area (Å²) < 4.78 is 5.24. The van der Waals surface area contributed by atoms with Gasteiger partial charge in [0.25, 0.3) is 0 Å². The van der Waals surface area contributed by atoms with Gasteiger partial charge in [-0.3, -0.25) is 9.69 Å². The molecule has 0 aliphatic heterocycles. The number of nitrogens with zero attached hydrogens (tertiary/aromatic N) is 1.